The summed E-state index contributed by atoms with van der Waals surface area (Å²) >= 11 is 1.22. The number of aromatic nitrogens is 2. The molecule has 1 aromatic rings. The van der Waals surface area contributed by atoms with Gasteiger partial charge in [0.1, 0.15) is 5.01 Å². The minimum atomic E-state index is -0.732. The average Bonchev–Trinajstić information content (AvgIpc) is 2.97. The zero-order valence-corrected chi connectivity index (χ0v) is 10.7. The van der Waals surface area contributed by atoms with Gasteiger partial charge in [0.2, 0.25) is 5.13 Å². The van der Waals surface area contributed by atoms with Gasteiger partial charge in [0.25, 0.3) is 0 Å². The van der Waals surface area contributed by atoms with Crippen LogP contribution in [0.25, 0.3) is 0 Å². The predicted molar refractivity (Wildman–Crippen MR) is 65.3 cm³/mol. The number of rotatable bonds is 3. The first-order valence-electron chi connectivity index (χ1n) is 5.66. The van der Waals surface area contributed by atoms with Crippen molar-refractivity contribution in [3.63, 3.8) is 0 Å². The quantitative estimate of drug-likeness (QED) is 0.759. The van der Waals surface area contributed by atoms with E-state index in [0.717, 1.165) is 24.5 Å². The summed E-state index contributed by atoms with van der Waals surface area (Å²) in [5.41, 5.74) is 0. The van der Waals surface area contributed by atoms with Crippen molar-refractivity contribution in [1.82, 2.24) is 15.5 Å². The number of aryl methyl sites for hydroxylation is 1. The van der Waals surface area contributed by atoms with Crippen LogP contribution in [0.2, 0.25) is 0 Å². The van der Waals surface area contributed by atoms with Crippen LogP contribution in [0.1, 0.15) is 17.8 Å². The van der Waals surface area contributed by atoms with Crippen LogP contribution in [0.3, 0.4) is 0 Å². The van der Waals surface area contributed by atoms with Gasteiger partial charge in [-0.05, 0) is 19.8 Å². The first-order chi connectivity index (χ1) is 8.65. The highest BCUT2D eigenvalue weighted by Gasteiger charge is 2.20. The Balaban J connectivity index is 1.76. The molecule has 0 radical (unpaired) electrons. The topological polar surface area (TPSA) is 93.2 Å². The van der Waals surface area contributed by atoms with E-state index in [0.29, 0.717) is 11.7 Å². The van der Waals surface area contributed by atoms with Gasteiger partial charge in [-0.1, -0.05) is 11.3 Å². The molecule has 0 spiro atoms. The van der Waals surface area contributed by atoms with Crippen molar-refractivity contribution in [2.75, 3.05) is 18.5 Å². The van der Waals surface area contributed by atoms with E-state index in [2.05, 4.69) is 20.8 Å². The molecule has 0 aliphatic carbocycles. The number of carbonyl (C=O) groups excluding carboxylic acids is 2. The van der Waals surface area contributed by atoms with Crippen LogP contribution in [-0.2, 0) is 14.3 Å². The van der Waals surface area contributed by atoms with Crippen molar-refractivity contribution in [2.45, 2.75) is 25.9 Å². The zero-order valence-electron chi connectivity index (χ0n) is 9.93. The Morgan fingerprint density at radius 2 is 2.28 bits per heavy atom. The maximum atomic E-state index is 11.5. The Kier molecular flexibility index (Phi) is 4.21. The van der Waals surface area contributed by atoms with Gasteiger partial charge >= 0.3 is 11.8 Å². The lowest BCUT2D eigenvalue weighted by Gasteiger charge is -2.09. The number of nitrogens with zero attached hydrogens (tertiary/aromatic N) is 2. The SMILES string of the molecule is Cc1nnc(NC(=O)C(=O)NC[C@H]2CCCO2)s1. The summed E-state index contributed by atoms with van der Waals surface area (Å²) in [6.45, 7) is 2.85. The molecule has 1 fully saturated rings. The summed E-state index contributed by atoms with van der Waals surface area (Å²) < 4.78 is 5.34. The molecule has 0 bridgehead atoms. The van der Waals surface area contributed by atoms with Gasteiger partial charge in [-0.25, -0.2) is 0 Å². The first-order valence-corrected chi connectivity index (χ1v) is 6.47. The third-order valence-electron chi connectivity index (χ3n) is 2.47. The second-order valence-electron chi connectivity index (χ2n) is 3.93. The van der Waals surface area contributed by atoms with E-state index in [1.54, 1.807) is 6.92 Å². The highest BCUT2D eigenvalue weighted by molar-refractivity contribution is 7.15. The van der Waals surface area contributed by atoms with Crippen molar-refractivity contribution in [3.8, 4) is 0 Å². The lowest BCUT2D eigenvalue weighted by Crippen LogP contribution is -2.39. The number of anilines is 1. The smallest absolute Gasteiger partial charge is 0.315 e. The molecule has 98 valence electrons. The Labute approximate surface area is 108 Å². The summed E-state index contributed by atoms with van der Waals surface area (Å²) in [5.74, 6) is -1.41. The molecule has 2 N–H and O–H groups in total. The lowest BCUT2D eigenvalue weighted by molar-refractivity contribution is -0.136. The van der Waals surface area contributed by atoms with Crippen LogP contribution in [0.15, 0.2) is 0 Å². The molecule has 0 unspecified atom stereocenters. The van der Waals surface area contributed by atoms with E-state index < -0.39 is 11.8 Å². The van der Waals surface area contributed by atoms with Crippen LogP contribution in [0, 0.1) is 6.92 Å². The van der Waals surface area contributed by atoms with Crippen LogP contribution in [0.5, 0.6) is 0 Å². The third-order valence-corrected chi connectivity index (χ3v) is 3.22. The van der Waals surface area contributed by atoms with Gasteiger partial charge in [0, 0.05) is 13.2 Å². The fourth-order valence-corrected chi connectivity index (χ4v) is 2.18. The number of nitrogens with one attached hydrogen (secondary N) is 2. The van der Waals surface area contributed by atoms with Gasteiger partial charge in [0.05, 0.1) is 6.10 Å². The molecule has 1 saturated heterocycles. The highest BCUT2D eigenvalue weighted by atomic mass is 32.1. The van der Waals surface area contributed by atoms with E-state index in [9.17, 15) is 9.59 Å². The number of hydrogen-bond donors (Lipinski definition) is 2. The highest BCUT2D eigenvalue weighted by Crippen LogP contribution is 2.13. The molecular formula is C10H14N4O3S. The summed E-state index contributed by atoms with van der Waals surface area (Å²) in [5, 5.41) is 13.4. The van der Waals surface area contributed by atoms with Crippen LogP contribution in [0.4, 0.5) is 5.13 Å². The normalized spacial score (nSPS) is 18.6. The van der Waals surface area contributed by atoms with E-state index in [4.69, 9.17) is 4.74 Å². The van der Waals surface area contributed by atoms with Crippen LogP contribution >= 0.6 is 11.3 Å². The summed E-state index contributed by atoms with van der Waals surface area (Å²) in [6.07, 6.45) is 1.93. The largest absolute Gasteiger partial charge is 0.376 e. The molecule has 1 aliphatic rings. The lowest BCUT2D eigenvalue weighted by atomic mass is 10.2. The fourth-order valence-electron chi connectivity index (χ4n) is 1.59. The molecule has 0 saturated carbocycles. The van der Waals surface area contributed by atoms with E-state index in [1.165, 1.54) is 11.3 Å². The molecule has 1 aliphatic heterocycles. The van der Waals surface area contributed by atoms with Crippen molar-refractivity contribution in [1.29, 1.82) is 0 Å². The Bertz CT molecular complexity index is 442. The zero-order chi connectivity index (χ0) is 13.0. The number of ether oxygens (including phenoxy) is 1. The maximum Gasteiger partial charge on any atom is 0.315 e. The molecular weight excluding hydrogens is 256 g/mol. The molecule has 2 heterocycles. The standard InChI is InChI=1S/C10H14N4O3S/c1-6-13-14-10(18-6)12-9(16)8(15)11-5-7-3-2-4-17-7/h7H,2-5H2,1H3,(H,11,15)(H,12,14,16)/t7-/m1/s1. The van der Waals surface area contributed by atoms with Crippen molar-refractivity contribution >= 4 is 28.3 Å². The molecule has 0 aromatic carbocycles. The third kappa shape index (κ3) is 3.47. The first kappa shape index (κ1) is 12.9. The number of hydrogen-bond acceptors (Lipinski definition) is 6. The summed E-state index contributed by atoms with van der Waals surface area (Å²) in [7, 11) is 0. The maximum absolute atomic E-state index is 11.5. The Morgan fingerprint density at radius 3 is 2.89 bits per heavy atom. The van der Waals surface area contributed by atoms with Gasteiger partial charge in [0.15, 0.2) is 0 Å². The summed E-state index contributed by atoms with van der Waals surface area (Å²) in [4.78, 5) is 23.0. The van der Waals surface area contributed by atoms with Crippen molar-refractivity contribution in [3.05, 3.63) is 5.01 Å². The fraction of sp³-hybridized carbons (Fsp3) is 0.600. The molecule has 2 rings (SSSR count). The molecule has 2 amide bonds. The molecule has 8 heteroatoms. The predicted octanol–water partition coefficient (Wildman–Crippen LogP) is 0.0802. The van der Waals surface area contributed by atoms with Crippen molar-refractivity contribution < 1.29 is 14.3 Å². The molecule has 18 heavy (non-hydrogen) atoms. The van der Waals surface area contributed by atoms with Gasteiger partial charge in [-0.3, -0.25) is 14.9 Å². The van der Waals surface area contributed by atoms with E-state index >= 15 is 0 Å². The minimum Gasteiger partial charge on any atom is -0.376 e. The number of amides is 2. The molecule has 1 atom stereocenters. The van der Waals surface area contributed by atoms with Crippen LogP contribution < -0.4 is 10.6 Å². The monoisotopic (exact) mass is 270 g/mol. The molecule has 7 nitrogen and oxygen atoms in total. The van der Waals surface area contributed by atoms with E-state index in [-0.39, 0.29) is 6.10 Å². The van der Waals surface area contributed by atoms with Gasteiger partial charge < -0.3 is 10.1 Å². The summed E-state index contributed by atoms with van der Waals surface area (Å²) in [6, 6.07) is 0. The molecule has 1 aromatic heterocycles. The Hall–Kier alpha value is -1.54. The van der Waals surface area contributed by atoms with Gasteiger partial charge in [-0.2, -0.15) is 0 Å². The number of carbonyl (C=O) groups is 2. The van der Waals surface area contributed by atoms with E-state index in [1.807, 2.05) is 0 Å². The van der Waals surface area contributed by atoms with Crippen molar-refractivity contribution in [2.24, 2.45) is 0 Å². The average molecular weight is 270 g/mol. The second kappa shape index (κ2) is 5.87. The van der Waals surface area contributed by atoms with Gasteiger partial charge in [-0.15, -0.1) is 10.2 Å². The minimum absolute atomic E-state index is 0.0190. The van der Waals surface area contributed by atoms with Crippen LogP contribution in [-0.4, -0.2) is 41.3 Å². The second-order valence-corrected chi connectivity index (χ2v) is 5.11. The Morgan fingerprint density at radius 1 is 1.44 bits per heavy atom.